The van der Waals surface area contributed by atoms with Gasteiger partial charge in [0.1, 0.15) is 5.54 Å². The van der Waals surface area contributed by atoms with Crippen LogP contribution in [0.5, 0.6) is 0 Å². The van der Waals surface area contributed by atoms with Gasteiger partial charge in [0.2, 0.25) is 5.91 Å². The van der Waals surface area contributed by atoms with Crippen molar-refractivity contribution in [1.29, 1.82) is 0 Å². The van der Waals surface area contributed by atoms with Crippen molar-refractivity contribution in [3.63, 3.8) is 0 Å². The highest BCUT2D eigenvalue weighted by atomic mass is 16.4. The lowest BCUT2D eigenvalue weighted by Crippen LogP contribution is -2.57. The van der Waals surface area contributed by atoms with Gasteiger partial charge in [-0.3, -0.25) is 4.79 Å². The van der Waals surface area contributed by atoms with E-state index in [2.05, 4.69) is 16.0 Å². The van der Waals surface area contributed by atoms with Crippen molar-refractivity contribution in [2.45, 2.75) is 38.3 Å². The van der Waals surface area contributed by atoms with Gasteiger partial charge in [0.15, 0.2) is 0 Å². The van der Waals surface area contributed by atoms with Gasteiger partial charge in [-0.2, -0.15) is 0 Å². The SMILES string of the molecule is CC(C)(NC(=O)NC1CCC(=O)NC1)C(=O)O. The molecule has 0 bridgehead atoms. The van der Waals surface area contributed by atoms with Crippen LogP contribution in [0, 0.1) is 0 Å². The Labute approximate surface area is 98.9 Å². The van der Waals surface area contributed by atoms with Gasteiger partial charge in [-0.05, 0) is 20.3 Å². The number of carbonyl (C=O) groups excluding carboxylic acids is 2. The third-order valence-corrected chi connectivity index (χ3v) is 2.56. The second-order valence-corrected chi connectivity index (χ2v) is 4.57. The highest BCUT2D eigenvalue weighted by molar-refractivity contribution is 5.85. The first-order valence-electron chi connectivity index (χ1n) is 5.40. The van der Waals surface area contributed by atoms with E-state index in [9.17, 15) is 14.4 Å². The normalized spacial score (nSPS) is 20.4. The summed E-state index contributed by atoms with van der Waals surface area (Å²) in [6.45, 7) is 3.18. The lowest BCUT2D eigenvalue weighted by Gasteiger charge is -2.26. The maximum absolute atomic E-state index is 11.5. The molecule has 1 aliphatic heterocycles. The number of rotatable bonds is 3. The minimum absolute atomic E-state index is 0.0330. The summed E-state index contributed by atoms with van der Waals surface area (Å²) in [4.78, 5) is 33.2. The topological polar surface area (TPSA) is 108 Å². The lowest BCUT2D eigenvalue weighted by molar-refractivity contribution is -0.142. The van der Waals surface area contributed by atoms with E-state index in [0.29, 0.717) is 19.4 Å². The number of carbonyl (C=O) groups is 3. The van der Waals surface area contributed by atoms with Crippen molar-refractivity contribution in [3.05, 3.63) is 0 Å². The molecule has 17 heavy (non-hydrogen) atoms. The molecular weight excluding hydrogens is 226 g/mol. The fourth-order valence-corrected chi connectivity index (χ4v) is 1.41. The van der Waals surface area contributed by atoms with Crippen molar-refractivity contribution in [1.82, 2.24) is 16.0 Å². The molecule has 0 radical (unpaired) electrons. The summed E-state index contributed by atoms with van der Waals surface area (Å²) in [6, 6.07) is -0.698. The Morgan fingerprint density at radius 1 is 1.47 bits per heavy atom. The van der Waals surface area contributed by atoms with Crippen LogP contribution >= 0.6 is 0 Å². The molecule has 0 saturated carbocycles. The number of aliphatic carboxylic acids is 1. The Hall–Kier alpha value is -1.79. The molecule has 1 saturated heterocycles. The number of nitrogens with one attached hydrogen (secondary N) is 3. The van der Waals surface area contributed by atoms with Crippen LogP contribution in [0.3, 0.4) is 0 Å². The molecule has 7 nitrogen and oxygen atoms in total. The van der Waals surface area contributed by atoms with Gasteiger partial charge in [0.25, 0.3) is 0 Å². The highest BCUT2D eigenvalue weighted by Crippen LogP contribution is 2.04. The molecule has 1 unspecified atom stereocenters. The maximum Gasteiger partial charge on any atom is 0.328 e. The van der Waals surface area contributed by atoms with Crippen molar-refractivity contribution in [3.8, 4) is 0 Å². The number of urea groups is 1. The van der Waals surface area contributed by atoms with Crippen LogP contribution in [0.25, 0.3) is 0 Å². The van der Waals surface area contributed by atoms with E-state index in [0.717, 1.165) is 0 Å². The zero-order chi connectivity index (χ0) is 13.1. The first-order chi connectivity index (χ1) is 7.81. The molecule has 1 heterocycles. The van der Waals surface area contributed by atoms with E-state index in [4.69, 9.17) is 5.11 Å². The fraction of sp³-hybridized carbons (Fsp3) is 0.700. The molecule has 4 N–H and O–H groups in total. The Balaban J connectivity index is 2.40. The van der Waals surface area contributed by atoms with Gasteiger partial charge in [-0.15, -0.1) is 0 Å². The minimum atomic E-state index is -1.32. The molecule has 1 atom stereocenters. The van der Waals surface area contributed by atoms with Crippen LogP contribution in [0.15, 0.2) is 0 Å². The van der Waals surface area contributed by atoms with Gasteiger partial charge in [0.05, 0.1) is 0 Å². The molecule has 7 heteroatoms. The summed E-state index contributed by atoms with van der Waals surface area (Å²) in [6.07, 6.45) is 0.931. The Bertz CT molecular complexity index is 330. The van der Waals surface area contributed by atoms with Gasteiger partial charge < -0.3 is 21.1 Å². The van der Waals surface area contributed by atoms with E-state index in [1.54, 1.807) is 0 Å². The monoisotopic (exact) mass is 243 g/mol. The van der Waals surface area contributed by atoms with E-state index >= 15 is 0 Å². The number of hydrogen-bond donors (Lipinski definition) is 4. The molecule has 3 amide bonds. The van der Waals surface area contributed by atoms with Gasteiger partial charge >= 0.3 is 12.0 Å². The van der Waals surface area contributed by atoms with Crippen molar-refractivity contribution in [2.75, 3.05) is 6.54 Å². The Kier molecular flexibility index (Phi) is 3.93. The number of carboxylic acids is 1. The molecular formula is C10H17N3O4. The Morgan fingerprint density at radius 2 is 2.12 bits per heavy atom. The van der Waals surface area contributed by atoms with E-state index in [1.165, 1.54) is 13.8 Å². The van der Waals surface area contributed by atoms with Crippen molar-refractivity contribution >= 4 is 17.9 Å². The third kappa shape index (κ3) is 3.93. The number of piperidine rings is 1. The third-order valence-electron chi connectivity index (χ3n) is 2.56. The van der Waals surface area contributed by atoms with Crippen molar-refractivity contribution < 1.29 is 19.5 Å². The molecule has 0 aromatic rings. The average Bonchev–Trinajstić information content (AvgIpc) is 2.20. The minimum Gasteiger partial charge on any atom is -0.480 e. The van der Waals surface area contributed by atoms with Crippen LogP contribution in [0.2, 0.25) is 0 Å². The zero-order valence-corrected chi connectivity index (χ0v) is 9.87. The van der Waals surface area contributed by atoms with Crippen LogP contribution in [-0.4, -0.2) is 41.1 Å². The Morgan fingerprint density at radius 3 is 2.59 bits per heavy atom. The van der Waals surface area contributed by atoms with Crippen molar-refractivity contribution in [2.24, 2.45) is 0 Å². The van der Waals surface area contributed by atoms with Crippen LogP contribution < -0.4 is 16.0 Å². The first-order valence-corrected chi connectivity index (χ1v) is 5.40. The van der Waals surface area contributed by atoms with Gasteiger partial charge in [0, 0.05) is 19.0 Å². The number of carboxylic acid groups (broad SMARTS) is 1. The standard InChI is InChI=1S/C10H17N3O4/c1-10(2,8(15)16)13-9(17)12-6-3-4-7(14)11-5-6/h6H,3-5H2,1-2H3,(H,11,14)(H,15,16)(H2,12,13,17). The molecule has 1 aliphatic rings. The van der Waals surface area contributed by atoms with E-state index in [-0.39, 0.29) is 11.9 Å². The van der Waals surface area contributed by atoms with Gasteiger partial charge in [-0.25, -0.2) is 9.59 Å². The summed E-state index contributed by atoms with van der Waals surface area (Å²) in [5.74, 6) is -1.14. The molecule has 0 aromatic carbocycles. The zero-order valence-electron chi connectivity index (χ0n) is 9.87. The smallest absolute Gasteiger partial charge is 0.328 e. The molecule has 1 rings (SSSR count). The maximum atomic E-state index is 11.5. The predicted octanol–water partition coefficient (Wildman–Crippen LogP) is -0.573. The largest absolute Gasteiger partial charge is 0.480 e. The summed E-state index contributed by atoms with van der Waals surface area (Å²) in [5.41, 5.74) is -1.32. The number of amides is 3. The quantitative estimate of drug-likeness (QED) is 0.532. The molecule has 96 valence electrons. The second kappa shape index (κ2) is 5.03. The molecule has 0 aliphatic carbocycles. The van der Waals surface area contributed by atoms with E-state index < -0.39 is 17.5 Å². The van der Waals surface area contributed by atoms with Crippen LogP contribution in [0.4, 0.5) is 4.79 Å². The molecule has 0 aromatic heterocycles. The highest BCUT2D eigenvalue weighted by Gasteiger charge is 2.30. The molecule has 0 spiro atoms. The fourth-order valence-electron chi connectivity index (χ4n) is 1.41. The first kappa shape index (κ1) is 13.3. The van der Waals surface area contributed by atoms with Crippen LogP contribution in [-0.2, 0) is 9.59 Å². The lowest BCUT2D eigenvalue weighted by atomic mass is 10.1. The summed E-state index contributed by atoms with van der Waals surface area (Å²) >= 11 is 0. The summed E-state index contributed by atoms with van der Waals surface area (Å²) in [5, 5.41) is 16.4. The van der Waals surface area contributed by atoms with Gasteiger partial charge in [-0.1, -0.05) is 0 Å². The average molecular weight is 243 g/mol. The molecule has 1 fully saturated rings. The predicted molar refractivity (Wildman–Crippen MR) is 59.4 cm³/mol. The number of hydrogen-bond acceptors (Lipinski definition) is 3. The van der Waals surface area contributed by atoms with Crippen LogP contribution in [0.1, 0.15) is 26.7 Å². The summed E-state index contributed by atoms with van der Waals surface area (Å²) < 4.78 is 0. The summed E-state index contributed by atoms with van der Waals surface area (Å²) in [7, 11) is 0. The van der Waals surface area contributed by atoms with E-state index in [1.807, 2.05) is 0 Å². The second-order valence-electron chi connectivity index (χ2n) is 4.57.